The van der Waals surface area contributed by atoms with Gasteiger partial charge in [-0.3, -0.25) is 4.98 Å². The normalized spacial score (nSPS) is 11.3. The number of para-hydroxylation sites is 1. The van der Waals surface area contributed by atoms with Crippen molar-refractivity contribution in [2.24, 2.45) is 0 Å². The Morgan fingerprint density at radius 1 is 1.07 bits per heavy atom. The third-order valence-corrected chi connectivity index (χ3v) is 4.21. The SMILES string of the molecule is OCCCNc1nc(Nc2c(Cl)cccc2C(F)(F)F)cc(-c2ccncc2)n1. The summed E-state index contributed by atoms with van der Waals surface area (Å²) in [6.07, 6.45) is -0.955. The average Bonchev–Trinajstić information content (AvgIpc) is 2.69. The molecule has 2 heterocycles. The Balaban J connectivity index is 2.02. The summed E-state index contributed by atoms with van der Waals surface area (Å²) in [6.45, 7) is 0.381. The van der Waals surface area contributed by atoms with Gasteiger partial charge in [-0.25, -0.2) is 4.98 Å². The van der Waals surface area contributed by atoms with Gasteiger partial charge >= 0.3 is 6.18 Å². The van der Waals surface area contributed by atoms with Gasteiger partial charge in [-0.15, -0.1) is 0 Å². The number of halogens is 4. The van der Waals surface area contributed by atoms with Gasteiger partial charge in [0.15, 0.2) is 0 Å². The molecule has 3 aromatic rings. The molecular weight excluding hydrogens is 407 g/mol. The summed E-state index contributed by atoms with van der Waals surface area (Å²) in [4.78, 5) is 12.6. The molecular formula is C19H17ClF3N5O. The highest BCUT2D eigenvalue weighted by atomic mass is 35.5. The van der Waals surface area contributed by atoms with Crippen LogP contribution in [0.2, 0.25) is 5.02 Å². The van der Waals surface area contributed by atoms with Crippen molar-refractivity contribution in [1.29, 1.82) is 0 Å². The standard InChI is InChI=1S/C19H17ClF3N5O/c20-14-4-1-3-13(19(21,22)23)17(14)27-16-11-15(12-5-8-24-9-6-12)26-18(28-16)25-7-2-10-29/h1,3-6,8-9,11,29H,2,7,10H2,(H2,25,26,27,28). The van der Waals surface area contributed by atoms with Crippen LogP contribution in [0, 0.1) is 0 Å². The molecule has 1 aromatic carbocycles. The van der Waals surface area contributed by atoms with Crippen LogP contribution in [0.15, 0.2) is 48.8 Å². The van der Waals surface area contributed by atoms with E-state index in [1.54, 1.807) is 24.5 Å². The molecule has 0 fully saturated rings. The molecule has 2 aromatic heterocycles. The Kier molecular flexibility index (Phi) is 6.50. The molecule has 0 aliphatic heterocycles. The highest BCUT2D eigenvalue weighted by Crippen LogP contribution is 2.40. The van der Waals surface area contributed by atoms with E-state index >= 15 is 0 Å². The summed E-state index contributed by atoms with van der Waals surface area (Å²) in [6, 6.07) is 8.52. The predicted molar refractivity (Wildman–Crippen MR) is 105 cm³/mol. The van der Waals surface area contributed by atoms with Crippen molar-refractivity contribution < 1.29 is 18.3 Å². The van der Waals surface area contributed by atoms with Crippen molar-refractivity contribution in [3.8, 4) is 11.3 Å². The molecule has 0 saturated heterocycles. The first kappa shape index (κ1) is 20.8. The third-order valence-electron chi connectivity index (χ3n) is 3.89. The van der Waals surface area contributed by atoms with Crippen molar-refractivity contribution in [3.05, 3.63) is 59.4 Å². The summed E-state index contributed by atoms with van der Waals surface area (Å²) < 4.78 is 40.2. The van der Waals surface area contributed by atoms with E-state index in [0.29, 0.717) is 24.2 Å². The van der Waals surface area contributed by atoms with Crippen LogP contribution in [-0.2, 0) is 6.18 Å². The third kappa shape index (κ3) is 5.33. The molecule has 0 radical (unpaired) electrons. The van der Waals surface area contributed by atoms with E-state index in [9.17, 15) is 13.2 Å². The van der Waals surface area contributed by atoms with Gasteiger partial charge in [-0.05, 0) is 30.7 Å². The number of aromatic nitrogens is 3. The quantitative estimate of drug-likeness (QED) is 0.476. The molecule has 3 rings (SSSR count). The van der Waals surface area contributed by atoms with Gasteiger partial charge in [-0.1, -0.05) is 17.7 Å². The lowest BCUT2D eigenvalue weighted by Crippen LogP contribution is -2.11. The number of rotatable bonds is 7. The van der Waals surface area contributed by atoms with E-state index in [0.717, 1.165) is 6.07 Å². The smallest absolute Gasteiger partial charge is 0.396 e. The van der Waals surface area contributed by atoms with E-state index in [1.807, 2.05) is 0 Å². The molecule has 10 heteroatoms. The largest absolute Gasteiger partial charge is 0.418 e. The minimum Gasteiger partial charge on any atom is -0.396 e. The summed E-state index contributed by atoms with van der Waals surface area (Å²) in [7, 11) is 0. The van der Waals surface area contributed by atoms with Crippen LogP contribution in [0.25, 0.3) is 11.3 Å². The van der Waals surface area contributed by atoms with Crippen LogP contribution in [-0.4, -0.2) is 33.2 Å². The van der Waals surface area contributed by atoms with Gasteiger partial charge in [-0.2, -0.15) is 18.2 Å². The Bertz CT molecular complexity index is 970. The zero-order valence-corrected chi connectivity index (χ0v) is 15.8. The van der Waals surface area contributed by atoms with Crippen molar-refractivity contribution >= 4 is 29.1 Å². The molecule has 152 valence electrons. The zero-order valence-electron chi connectivity index (χ0n) is 15.0. The number of anilines is 3. The second-order valence-corrected chi connectivity index (χ2v) is 6.39. The van der Waals surface area contributed by atoms with Crippen LogP contribution in [0.4, 0.5) is 30.6 Å². The van der Waals surface area contributed by atoms with Gasteiger partial charge < -0.3 is 15.7 Å². The number of aliphatic hydroxyl groups excluding tert-OH is 1. The molecule has 3 N–H and O–H groups in total. The Morgan fingerprint density at radius 3 is 2.52 bits per heavy atom. The fourth-order valence-electron chi connectivity index (χ4n) is 2.56. The monoisotopic (exact) mass is 423 g/mol. The molecule has 0 unspecified atom stereocenters. The summed E-state index contributed by atoms with van der Waals surface area (Å²) >= 11 is 6.03. The molecule has 0 spiro atoms. The van der Waals surface area contributed by atoms with E-state index in [1.165, 1.54) is 18.2 Å². The van der Waals surface area contributed by atoms with Gasteiger partial charge in [0.25, 0.3) is 0 Å². The molecule has 29 heavy (non-hydrogen) atoms. The fourth-order valence-corrected chi connectivity index (χ4v) is 2.78. The van der Waals surface area contributed by atoms with E-state index < -0.39 is 11.7 Å². The van der Waals surface area contributed by atoms with Crippen LogP contribution < -0.4 is 10.6 Å². The maximum absolute atomic E-state index is 13.4. The highest BCUT2D eigenvalue weighted by Gasteiger charge is 2.34. The minimum absolute atomic E-state index is 0.0171. The second kappa shape index (κ2) is 9.06. The van der Waals surface area contributed by atoms with Crippen molar-refractivity contribution in [2.45, 2.75) is 12.6 Å². The first-order valence-corrected chi connectivity index (χ1v) is 9.03. The van der Waals surface area contributed by atoms with Crippen LogP contribution >= 0.6 is 11.6 Å². The maximum atomic E-state index is 13.4. The number of benzene rings is 1. The first-order valence-electron chi connectivity index (χ1n) is 8.65. The number of nitrogens with one attached hydrogen (secondary N) is 2. The number of alkyl halides is 3. The zero-order chi connectivity index (χ0) is 20.9. The average molecular weight is 424 g/mol. The van der Waals surface area contributed by atoms with Crippen molar-refractivity contribution in [3.63, 3.8) is 0 Å². The number of hydrogen-bond donors (Lipinski definition) is 3. The molecule has 0 aliphatic carbocycles. The van der Waals surface area contributed by atoms with Crippen molar-refractivity contribution in [1.82, 2.24) is 15.0 Å². The molecule has 6 nitrogen and oxygen atoms in total. The molecule has 0 amide bonds. The minimum atomic E-state index is -4.59. The Labute approximate surface area is 169 Å². The summed E-state index contributed by atoms with van der Waals surface area (Å²) in [5.74, 6) is 0.341. The fraction of sp³-hybridized carbons (Fsp3) is 0.211. The van der Waals surface area contributed by atoms with E-state index in [-0.39, 0.29) is 29.1 Å². The highest BCUT2D eigenvalue weighted by molar-refractivity contribution is 6.33. The van der Waals surface area contributed by atoms with Gasteiger partial charge in [0.2, 0.25) is 5.95 Å². The number of nitrogens with zero attached hydrogens (tertiary/aromatic N) is 3. The summed E-state index contributed by atoms with van der Waals surface area (Å²) in [5, 5.41) is 14.5. The first-order chi connectivity index (χ1) is 13.9. The molecule has 0 aliphatic rings. The Morgan fingerprint density at radius 2 is 1.83 bits per heavy atom. The summed E-state index contributed by atoms with van der Waals surface area (Å²) in [5.41, 5.74) is 0.00842. The molecule has 0 bridgehead atoms. The topological polar surface area (TPSA) is 83.0 Å². The lowest BCUT2D eigenvalue weighted by molar-refractivity contribution is -0.136. The van der Waals surface area contributed by atoms with Gasteiger partial charge in [0.1, 0.15) is 5.82 Å². The van der Waals surface area contributed by atoms with Crippen LogP contribution in [0.5, 0.6) is 0 Å². The lowest BCUT2D eigenvalue weighted by atomic mass is 10.1. The predicted octanol–water partition coefficient (Wildman–Crippen LogP) is 4.75. The number of aliphatic hydroxyl groups is 1. The second-order valence-electron chi connectivity index (χ2n) is 5.99. The maximum Gasteiger partial charge on any atom is 0.418 e. The van der Waals surface area contributed by atoms with Crippen molar-refractivity contribution in [2.75, 3.05) is 23.8 Å². The lowest BCUT2D eigenvalue weighted by Gasteiger charge is -2.16. The van der Waals surface area contributed by atoms with Gasteiger partial charge in [0, 0.05) is 37.2 Å². The van der Waals surface area contributed by atoms with Crippen LogP contribution in [0.3, 0.4) is 0 Å². The molecule has 0 saturated carbocycles. The number of hydrogen-bond acceptors (Lipinski definition) is 6. The Hall–Kier alpha value is -2.91. The van der Waals surface area contributed by atoms with Gasteiger partial charge in [0.05, 0.1) is 22.0 Å². The van der Waals surface area contributed by atoms with E-state index in [4.69, 9.17) is 16.7 Å². The van der Waals surface area contributed by atoms with Crippen LogP contribution in [0.1, 0.15) is 12.0 Å². The van der Waals surface area contributed by atoms with E-state index in [2.05, 4.69) is 25.6 Å². The number of pyridine rings is 1. The molecule has 0 atom stereocenters.